The zero-order valence-corrected chi connectivity index (χ0v) is 11.1. The van der Waals surface area contributed by atoms with Crippen molar-refractivity contribution < 1.29 is 4.79 Å². The molecule has 0 bridgehead atoms. The lowest BCUT2D eigenvalue weighted by atomic mass is 9.77. The summed E-state index contributed by atoms with van der Waals surface area (Å²) in [6.07, 6.45) is 4.04. The number of nitrogens with zero attached hydrogens (tertiary/aromatic N) is 1. The lowest BCUT2D eigenvalue weighted by molar-refractivity contribution is -0.126. The Morgan fingerprint density at radius 1 is 1.71 bits per heavy atom. The van der Waals surface area contributed by atoms with Gasteiger partial charge in [-0.2, -0.15) is 0 Å². The van der Waals surface area contributed by atoms with Crippen molar-refractivity contribution in [1.82, 2.24) is 15.6 Å². The average Bonchev–Trinajstić information content (AvgIpc) is 2.78. The summed E-state index contributed by atoms with van der Waals surface area (Å²) in [5, 5.41) is 6.29. The van der Waals surface area contributed by atoms with Gasteiger partial charge in [-0.3, -0.25) is 9.78 Å². The normalized spacial score (nSPS) is 23.3. The number of hydrogen-bond donors (Lipinski definition) is 2. The molecule has 0 saturated carbocycles. The number of thiazole rings is 1. The van der Waals surface area contributed by atoms with Gasteiger partial charge >= 0.3 is 0 Å². The number of carbonyl (C=O) groups excluding carboxylic acids is 1. The minimum Gasteiger partial charge on any atom is -0.350 e. The van der Waals surface area contributed by atoms with E-state index >= 15 is 0 Å². The third-order valence-electron chi connectivity index (χ3n) is 3.31. The lowest BCUT2D eigenvalue weighted by Gasteiger charge is -2.38. The maximum Gasteiger partial charge on any atom is 0.237 e. The Morgan fingerprint density at radius 2 is 2.53 bits per heavy atom. The van der Waals surface area contributed by atoms with Crippen LogP contribution < -0.4 is 10.6 Å². The summed E-state index contributed by atoms with van der Waals surface area (Å²) in [4.78, 5) is 17.2. The third-order valence-corrected chi connectivity index (χ3v) is 4.09. The Balaban J connectivity index is 1.90. The van der Waals surface area contributed by atoms with Crippen LogP contribution in [0.1, 0.15) is 31.6 Å². The molecule has 2 heterocycles. The van der Waals surface area contributed by atoms with Gasteiger partial charge in [0.15, 0.2) is 0 Å². The highest BCUT2D eigenvalue weighted by atomic mass is 32.1. The van der Waals surface area contributed by atoms with Gasteiger partial charge in [0.05, 0.1) is 18.1 Å². The minimum atomic E-state index is -0.0795. The van der Waals surface area contributed by atoms with Crippen molar-refractivity contribution >= 4 is 17.2 Å². The number of aromatic nitrogens is 1. The van der Waals surface area contributed by atoms with Crippen LogP contribution in [0.15, 0.2) is 11.7 Å². The summed E-state index contributed by atoms with van der Waals surface area (Å²) in [6, 6.07) is -0.0795. The van der Waals surface area contributed by atoms with Crippen LogP contribution in [0.5, 0.6) is 0 Å². The first kappa shape index (κ1) is 12.5. The lowest BCUT2D eigenvalue weighted by Crippen LogP contribution is -2.55. The number of amides is 1. The van der Waals surface area contributed by atoms with Gasteiger partial charge in [0.2, 0.25) is 5.91 Å². The van der Waals surface area contributed by atoms with E-state index in [4.69, 9.17) is 0 Å². The van der Waals surface area contributed by atoms with E-state index in [2.05, 4.69) is 29.5 Å². The molecule has 1 aromatic rings. The van der Waals surface area contributed by atoms with Gasteiger partial charge in [-0.1, -0.05) is 13.8 Å². The molecule has 0 spiro atoms. The van der Waals surface area contributed by atoms with Gasteiger partial charge in [0, 0.05) is 11.1 Å². The Labute approximate surface area is 106 Å². The molecule has 1 atom stereocenters. The molecule has 4 nitrogen and oxygen atoms in total. The zero-order chi connectivity index (χ0) is 12.3. The van der Waals surface area contributed by atoms with Gasteiger partial charge in [-0.25, -0.2) is 0 Å². The molecule has 2 N–H and O–H groups in total. The predicted octanol–water partition coefficient (Wildman–Crippen LogP) is 1.54. The van der Waals surface area contributed by atoms with Gasteiger partial charge in [0.1, 0.15) is 0 Å². The summed E-state index contributed by atoms with van der Waals surface area (Å²) in [5.41, 5.74) is 1.82. The second-order valence-electron chi connectivity index (χ2n) is 5.16. The molecule has 1 aliphatic heterocycles. The molecule has 1 aliphatic rings. The standard InChI is InChI=1S/C12H19N3OS/c1-12(2)4-3-5-14-10(12)11(16)15-7-9-6-13-8-17-9/h6,8,10,14H,3-5,7H2,1-2H3,(H,15,16). The van der Waals surface area contributed by atoms with Crippen LogP contribution in [-0.2, 0) is 11.3 Å². The van der Waals surface area contributed by atoms with Crippen LogP contribution in [0, 0.1) is 5.41 Å². The Morgan fingerprint density at radius 3 is 3.18 bits per heavy atom. The van der Waals surface area contributed by atoms with E-state index in [1.807, 2.05) is 0 Å². The van der Waals surface area contributed by atoms with E-state index in [-0.39, 0.29) is 17.4 Å². The van der Waals surface area contributed by atoms with E-state index in [1.54, 1.807) is 23.0 Å². The van der Waals surface area contributed by atoms with Crippen LogP contribution >= 0.6 is 11.3 Å². The highest BCUT2D eigenvalue weighted by Crippen LogP contribution is 2.30. The molecule has 1 amide bonds. The molecule has 2 rings (SSSR count). The fraction of sp³-hybridized carbons (Fsp3) is 0.667. The van der Waals surface area contributed by atoms with Gasteiger partial charge in [-0.05, 0) is 24.8 Å². The molecule has 1 saturated heterocycles. The quantitative estimate of drug-likeness (QED) is 0.859. The maximum absolute atomic E-state index is 12.1. The number of hydrogen-bond acceptors (Lipinski definition) is 4. The van der Waals surface area contributed by atoms with Crippen molar-refractivity contribution in [3.05, 3.63) is 16.6 Å². The van der Waals surface area contributed by atoms with Crippen molar-refractivity contribution in [3.8, 4) is 0 Å². The minimum absolute atomic E-state index is 0.0377. The van der Waals surface area contributed by atoms with Crippen LogP contribution in [0.3, 0.4) is 0 Å². The van der Waals surface area contributed by atoms with E-state index in [0.717, 1.165) is 24.3 Å². The molecule has 0 aromatic carbocycles. The van der Waals surface area contributed by atoms with Crippen molar-refractivity contribution in [3.63, 3.8) is 0 Å². The van der Waals surface area contributed by atoms with E-state index in [1.165, 1.54) is 0 Å². The molecule has 1 aromatic heterocycles. The number of piperidine rings is 1. The Kier molecular flexibility index (Phi) is 3.79. The molecule has 1 fully saturated rings. The Bertz CT molecular complexity index is 375. The third kappa shape index (κ3) is 3.04. The molecule has 17 heavy (non-hydrogen) atoms. The van der Waals surface area contributed by atoms with Crippen molar-refractivity contribution in [2.45, 2.75) is 39.3 Å². The second-order valence-corrected chi connectivity index (χ2v) is 6.14. The van der Waals surface area contributed by atoms with E-state index < -0.39 is 0 Å². The smallest absolute Gasteiger partial charge is 0.237 e. The Hall–Kier alpha value is -0.940. The van der Waals surface area contributed by atoms with E-state index in [9.17, 15) is 4.79 Å². The van der Waals surface area contributed by atoms with Crippen LogP contribution in [0.25, 0.3) is 0 Å². The number of nitrogens with one attached hydrogen (secondary N) is 2. The summed E-state index contributed by atoms with van der Waals surface area (Å²) < 4.78 is 0. The van der Waals surface area contributed by atoms with Crippen molar-refractivity contribution in [1.29, 1.82) is 0 Å². The molecule has 0 radical (unpaired) electrons. The largest absolute Gasteiger partial charge is 0.350 e. The van der Waals surface area contributed by atoms with E-state index in [0.29, 0.717) is 6.54 Å². The van der Waals surface area contributed by atoms with Gasteiger partial charge in [0.25, 0.3) is 0 Å². The fourth-order valence-electron chi connectivity index (χ4n) is 2.26. The first-order chi connectivity index (χ1) is 8.09. The second kappa shape index (κ2) is 5.14. The topological polar surface area (TPSA) is 54.0 Å². The van der Waals surface area contributed by atoms with Crippen LogP contribution in [-0.4, -0.2) is 23.5 Å². The first-order valence-electron chi connectivity index (χ1n) is 5.98. The molecular weight excluding hydrogens is 234 g/mol. The monoisotopic (exact) mass is 253 g/mol. The zero-order valence-electron chi connectivity index (χ0n) is 10.3. The van der Waals surface area contributed by atoms with Crippen LogP contribution in [0.2, 0.25) is 0 Å². The van der Waals surface area contributed by atoms with Crippen molar-refractivity contribution in [2.75, 3.05) is 6.54 Å². The van der Waals surface area contributed by atoms with Crippen LogP contribution in [0.4, 0.5) is 0 Å². The predicted molar refractivity (Wildman–Crippen MR) is 68.8 cm³/mol. The fourth-order valence-corrected chi connectivity index (χ4v) is 2.80. The maximum atomic E-state index is 12.1. The molecule has 94 valence electrons. The van der Waals surface area contributed by atoms with Gasteiger partial charge < -0.3 is 10.6 Å². The highest BCUT2D eigenvalue weighted by Gasteiger charge is 2.36. The molecule has 1 unspecified atom stereocenters. The summed E-state index contributed by atoms with van der Waals surface area (Å²) in [6.45, 7) is 5.81. The highest BCUT2D eigenvalue weighted by molar-refractivity contribution is 7.09. The summed E-state index contributed by atoms with van der Waals surface area (Å²) in [5.74, 6) is 0.100. The number of rotatable bonds is 3. The molecule has 5 heteroatoms. The summed E-state index contributed by atoms with van der Waals surface area (Å²) >= 11 is 1.57. The summed E-state index contributed by atoms with van der Waals surface area (Å²) in [7, 11) is 0. The number of carbonyl (C=O) groups is 1. The van der Waals surface area contributed by atoms with Gasteiger partial charge in [-0.15, -0.1) is 11.3 Å². The molecule has 0 aliphatic carbocycles. The SMILES string of the molecule is CC1(C)CCCNC1C(=O)NCc1cncs1. The first-order valence-corrected chi connectivity index (χ1v) is 6.86. The average molecular weight is 253 g/mol. The molecular formula is C12H19N3OS. The van der Waals surface area contributed by atoms with Crippen molar-refractivity contribution in [2.24, 2.45) is 5.41 Å².